The van der Waals surface area contributed by atoms with Crippen LogP contribution in [0, 0.1) is 0 Å². The average Bonchev–Trinajstić information content (AvgIpc) is 3.06. The van der Waals surface area contributed by atoms with Gasteiger partial charge in [-0.3, -0.25) is 0 Å². The van der Waals surface area contributed by atoms with E-state index in [1.807, 2.05) is 30.3 Å². The zero-order chi connectivity index (χ0) is 16.4. The van der Waals surface area contributed by atoms with Gasteiger partial charge in [0.05, 0.1) is 19.3 Å². The lowest BCUT2D eigenvalue weighted by molar-refractivity contribution is -0.153. The van der Waals surface area contributed by atoms with Crippen LogP contribution in [0.4, 0.5) is 0 Å². The van der Waals surface area contributed by atoms with E-state index in [1.165, 1.54) is 6.20 Å². The first-order valence-corrected chi connectivity index (χ1v) is 9.10. The molecule has 2 aromatic rings. The Hall–Kier alpha value is -1.81. The lowest BCUT2D eigenvalue weighted by Gasteiger charge is -2.29. The molecule has 7 nitrogen and oxygen atoms in total. The molecule has 1 saturated heterocycles. The Kier molecular flexibility index (Phi) is 4.44. The first-order chi connectivity index (χ1) is 11.0. The number of rotatable bonds is 4. The maximum atomic E-state index is 12.6. The number of benzene rings is 1. The summed E-state index contributed by atoms with van der Waals surface area (Å²) in [6, 6.07) is 9.28. The highest BCUT2D eigenvalue weighted by Gasteiger charge is 2.35. The quantitative estimate of drug-likeness (QED) is 0.888. The second-order valence-corrected chi connectivity index (χ2v) is 8.11. The summed E-state index contributed by atoms with van der Waals surface area (Å²) >= 11 is 1.07. The first-order valence-electron chi connectivity index (χ1n) is 6.84. The van der Waals surface area contributed by atoms with Gasteiger partial charge in [0.25, 0.3) is 10.0 Å². The molecule has 1 N–H and O–H groups in total. The van der Waals surface area contributed by atoms with Gasteiger partial charge in [-0.05, 0) is 0 Å². The predicted molar refractivity (Wildman–Crippen MR) is 83.7 cm³/mol. The van der Waals surface area contributed by atoms with Crippen LogP contribution in [0.1, 0.15) is 0 Å². The minimum absolute atomic E-state index is 0.0561. The summed E-state index contributed by atoms with van der Waals surface area (Å²) in [5, 5.41) is 9.59. The van der Waals surface area contributed by atoms with Gasteiger partial charge in [-0.15, -0.1) is 11.3 Å². The summed E-state index contributed by atoms with van der Waals surface area (Å²) in [6.07, 6.45) is 0.174. The molecule has 0 amide bonds. The van der Waals surface area contributed by atoms with Gasteiger partial charge in [0, 0.05) is 12.1 Å². The van der Waals surface area contributed by atoms with Gasteiger partial charge in [-0.2, -0.15) is 4.31 Å². The summed E-state index contributed by atoms with van der Waals surface area (Å²) in [5.41, 5.74) is 0.837. The average molecular weight is 354 g/mol. The third-order valence-electron chi connectivity index (χ3n) is 3.40. The third-order valence-corrected chi connectivity index (χ3v) is 6.75. The van der Waals surface area contributed by atoms with E-state index in [-0.39, 0.29) is 23.9 Å². The number of hydrogen-bond acceptors (Lipinski definition) is 6. The number of thiazole rings is 1. The lowest BCUT2D eigenvalue weighted by atomic mass is 10.2. The molecule has 1 aromatic heterocycles. The highest BCUT2D eigenvalue weighted by Crippen LogP contribution is 2.30. The van der Waals surface area contributed by atoms with E-state index in [9.17, 15) is 13.2 Å². The molecule has 0 bridgehead atoms. The number of aromatic nitrogens is 1. The molecule has 23 heavy (non-hydrogen) atoms. The fourth-order valence-electron chi connectivity index (χ4n) is 2.21. The topological polar surface area (TPSA) is 96.8 Å². The zero-order valence-corrected chi connectivity index (χ0v) is 13.6. The number of ether oxygens (including phenoxy) is 1. The molecule has 0 aliphatic carbocycles. The largest absolute Gasteiger partial charge is 0.479 e. The summed E-state index contributed by atoms with van der Waals surface area (Å²) in [7, 11) is -3.77. The van der Waals surface area contributed by atoms with Crippen molar-refractivity contribution in [2.24, 2.45) is 0 Å². The van der Waals surface area contributed by atoms with Gasteiger partial charge in [-0.25, -0.2) is 18.2 Å². The van der Waals surface area contributed by atoms with Gasteiger partial charge < -0.3 is 9.84 Å². The molecule has 1 aliphatic heterocycles. The van der Waals surface area contributed by atoms with Crippen LogP contribution in [-0.2, 0) is 19.6 Å². The maximum Gasteiger partial charge on any atom is 0.334 e. The van der Waals surface area contributed by atoms with Crippen LogP contribution in [0.3, 0.4) is 0 Å². The minimum Gasteiger partial charge on any atom is -0.479 e. The van der Waals surface area contributed by atoms with Crippen LogP contribution in [-0.4, -0.2) is 54.6 Å². The van der Waals surface area contributed by atoms with Crippen LogP contribution in [0.5, 0.6) is 0 Å². The van der Waals surface area contributed by atoms with Crippen molar-refractivity contribution in [2.75, 3.05) is 19.7 Å². The summed E-state index contributed by atoms with van der Waals surface area (Å²) in [4.78, 5) is 15.2. The molecule has 9 heteroatoms. The van der Waals surface area contributed by atoms with Gasteiger partial charge >= 0.3 is 5.97 Å². The van der Waals surface area contributed by atoms with E-state index in [0.717, 1.165) is 21.2 Å². The van der Waals surface area contributed by atoms with Crippen molar-refractivity contribution in [1.29, 1.82) is 0 Å². The monoisotopic (exact) mass is 354 g/mol. The van der Waals surface area contributed by atoms with Crippen molar-refractivity contribution >= 4 is 27.3 Å². The van der Waals surface area contributed by atoms with Gasteiger partial charge in [-0.1, -0.05) is 30.3 Å². The Labute approximate surface area is 137 Å². The van der Waals surface area contributed by atoms with Crippen molar-refractivity contribution < 1.29 is 23.1 Å². The lowest BCUT2D eigenvalue weighted by Crippen LogP contribution is -2.48. The Morgan fingerprint density at radius 1 is 1.35 bits per heavy atom. The molecule has 1 fully saturated rings. The highest BCUT2D eigenvalue weighted by atomic mass is 32.2. The fourth-order valence-corrected chi connectivity index (χ4v) is 4.93. The number of aliphatic carboxylic acids is 1. The predicted octanol–water partition coefficient (Wildman–Crippen LogP) is 1.28. The number of sulfonamides is 1. The van der Waals surface area contributed by atoms with Gasteiger partial charge in [0.2, 0.25) is 0 Å². The molecule has 0 radical (unpaired) electrons. The maximum absolute atomic E-state index is 12.6. The Bertz CT molecular complexity index is 804. The van der Waals surface area contributed by atoms with Crippen molar-refractivity contribution in [1.82, 2.24) is 9.29 Å². The molecule has 0 saturated carbocycles. The molecule has 1 aliphatic rings. The Balaban J connectivity index is 1.86. The van der Waals surface area contributed by atoms with Crippen LogP contribution in [0.2, 0.25) is 0 Å². The number of hydrogen-bond donors (Lipinski definition) is 1. The number of nitrogens with zero attached hydrogens (tertiary/aromatic N) is 2. The smallest absolute Gasteiger partial charge is 0.334 e. The van der Waals surface area contributed by atoms with Crippen molar-refractivity contribution in [3.63, 3.8) is 0 Å². The van der Waals surface area contributed by atoms with Crippen LogP contribution in [0.25, 0.3) is 10.6 Å². The molecule has 2 heterocycles. The number of carboxylic acids is 1. The standard InChI is InChI=1S/C14H14N2O5S2/c17-14(18)11-9-16(6-7-21-11)23(19,20)12-8-15-13(22-12)10-4-2-1-3-5-10/h1-5,8,11H,6-7,9H2,(H,17,18). The van der Waals surface area contributed by atoms with E-state index in [1.54, 1.807) is 0 Å². The van der Waals surface area contributed by atoms with E-state index in [4.69, 9.17) is 9.84 Å². The fraction of sp³-hybridized carbons (Fsp3) is 0.286. The van der Waals surface area contributed by atoms with E-state index < -0.39 is 22.1 Å². The van der Waals surface area contributed by atoms with Crippen molar-refractivity contribution in [3.05, 3.63) is 36.5 Å². The van der Waals surface area contributed by atoms with Crippen molar-refractivity contribution in [2.45, 2.75) is 10.3 Å². The number of morpholine rings is 1. The highest BCUT2D eigenvalue weighted by molar-refractivity contribution is 7.91. The molecule has 1 aromatic carbocycles. The molecule has 1 unspecified atom stereocenters. The summed E-state index contributed by atoms with van der Waals surface area (Å²) in [5.74, 6) is -1.17. The molecule has 1 atom stereocenters. The first kappa shape index (κ1) is 16.1. The zero-order valence-electron chi connectivity index (χ0n) is 12.0. The van der Waals surface area contributed by atoms with Crippen LogP contribution >= 0.6 is 11.3 Å². The Morgan fingerprint density at radius 2 is 2.09 bits per heavy atom. The van der Waals surface area contributed by atoms with Gasteiger partial charge in [0.1, 0.15) is 5.01 Å². The van der Waals surface area contributed by atoms with E-state index in [0.29, 0.717) is 5.01 Å². The summed E-state index contributed by atoms with van der Waals surface area (Å²) in [6.45, 7) is -0.0124. The molecular weight excluding hydrogens is 340 g/mol. The second kappa shape index (κ2) is 6.36. The van der Waals surface area contributed by atoms with Crippen LogP contribution < -0.4 is 0 Å². The SMILES string of the molecule is O=C(O)C1CN(S(=O)(=O)c2cnc(-c3ccccc3)s2)CCO1. The third kappa shape index (κ3) is 3.27. The summed E-state index contributed by atoms with van der Waals surface area (Å²) < 4.78 is 31.6. The van der Waals surface area contributed by atoms with E-state index in [2.05, 4.69) is 4.98 Å². The van der Waals surface area contributed by atoms with E-state index >= 15 is 0 Å². The number of carbonyl (C=O) groups is 1. The Morgan fingerprint density at radius 3 is 2.78 bits per heavy atom. The van der Waals surface area contributed by atoms with Gasteiger partial charge in [0.15, 0.2) is 10.3 Å². The molecule has 122 valence electrons. The van der Waals surface area contributed by atoms with Crippen LogP contribution in [0.15, 0.2) is 40.7 Å². The van der Waals surface area contributed by atoms with Crippen molar-refractivity contribution in [3.8, 4) is 10.6 Å². The molecule has 3 rings (SSSR count). The minimum atomic E-state index is -3.77. The molecule has 0 spiro atoms. The normalized spacial score (nSPS) is 19.6. The number of carboxylic acid groups (broad SMARTS) is 1. The second-order valence-electron chi connectivity index (χ2n) is 4.91. The molecular formula is C14H14N2O5S2.